The molecule has 3 nitrogen and oxygen atoms in total. The lowest BCUT2D eigenvalue weighted by Crippen LogP contribution is -2.11. The number of carboxylic acids is 1. The number of ketones is 1. The number of hydrogen-bond acceptors (Lipinski definition) is 2. The molecule has 1 N–H and O–H groups in total. The fraction of sp³-hybridized carbons (Fsp3) is 0.867. The molecule has 112 valence electrons. The Labute approximate surface area is 125 Å². The van der Waals surface area contributed by atoms with Crippen molar-refractivity contribution >= 4 is 27.7 Å². The highest BCUT2D eigenvalue weighted by Gasteiger charge is 2.09. The van der Waals surface area contributed by atoms with Gasteiger partial charge in [0.15, 0.2) is 0 Å². The van der Waals surface area contributed by atoms with Gasteiger partial charge in [-0.3, -0.25) is 4.79 Å². The summed E-state index contributed by atoms with van der Waals surface area (Å²) in [5, 5.41) is 9.53. The molecule has 0 unspecified atom stereocenters. The Hall–Kier alpha value is -0.380. The van der Waals surface area contributed by atoms with Crippen LogP contribution in [0, 0.1) is 0 Å². The van der Waals surface area contributed by atoms with Gasteiger partial charge in [-0.1, -0.05) is 73.7 Å². The second kappa shape index (κ2) is 14.0. The van der Waals surface area contributed by atoms with Gasteiger partial charge in [-0.05, 0) is 12.8 Å². The minimum Gasteiger partial charge on any atom is -0.476 e. The monoisotopic (exact) mass is 334 g/mol. The van der Waals surface area contributed by atoms with Gasteiger partial charge in [0.25, 0.3) is 0 Å². The van der Waals surface area contributed by atoms with E-state index in [9.17, 15) is 9.59 Å². The molecule has 0 saturated carbocycles. The van der Waals surface area contributed by atoms with Gasteiger partial charge in [0.1, 0.15) is 0 Å². The molecule has 0 aromatic carbocycles. The molecule has 0 rings (SSSR count). The number of hydrogen-bond donors (Lipinski definition) is 1. The maximum absolute atomic E-state index is 10.8. The molecule has 0 aliphatic carbocycles. The molecule has 0 fully saturated rings. The zero-order valence-electron chi connectivity index (χ0n) is 11.8. The quantitative estimate of drug-likeness (QED) is 0.284. The molecular formula is C15H27BrO3. The lowest BCUT2D eigenvalue weighted by Gasteiger charge is -2.02. The van der Waals surface area contributed by atoms with Crippen molar-refractivity contribution in [1.82, 2.24) is 0 Å². The Kier molecular flexibility index (Phi) is 13.8. The zero-order valence-corrected chi connectivity index (χ0v) is 13.4. The van der Waals surface area contributed by atoms with Crippen molar-refractivity contribution in [3.63, 3.8) is 0 Å². The summed E-state index contributed by atoms with van der Waals surface area (Å²) in [6.45, 7) is 0. The Morgan fingerprint density at radius 3 is 1.42 bits per heavy atom. The standard InChI is InChI=1S/C15H27BrO3/c16-13-11-9-7-5-3-1-2-4-6-8-10-12-14(17)15(18)19/h1-13H2,(H,18,19). The van der Waals surface area contributed by atoms with Gasteiger partial charge in [0.05, 0.1) is 0 Å². The fourth-order valence-corrected chi connectivity index (χ4v) is 2.47. The lowest BCUT2D eigenvalue weighted by atomic mass is 10.0. The number of aliphatic carboxylic acids is 1. The third-order valence-electron chi connectivity index (χ3n) is 3.28. The summed E-state index contributed by atoms with van der Waals surface area (Å²) in [6.07, 6.45) is 13.5. The Morgan fingerprint density at radius 2 is 1.05 bits per heavy atom. The van der Waals surface area contributed by atoms with Crippen LogP contribution in [0.15, 0.2) is 0 Å². The molecular weight excluding hydrogens is 308 g/mol. The molecule has 4 heteroatoms. The summed E-state index contributed by atoms with van der Waals surface area (Å²) >= 11 is 3.44. The highest BCUT2D eigenvalue weighted by Crippen LogP contribution is 2.12. The van der Waals surface area contributed by atoms with Crippen molar-refractivity contribution in [1.29, 1.82) is 0 Å². The van der Waals surface area contributed by atoms with Crippen molar-refractivity contribution in [3.05, 3.63) is 0 Å². The van der Waals surface area contributed by atoms with Crippen molar-refractivity contribution in [2.75, 3.05) is 5.33 Å². The lowest BCUT2D eigenvalue weighted by molar-refractivity contribution is -0.149. The summed E-state index contributed by atoms with van der Waals surface area (Å²) in [5.74, 6) is -1.94. The molecule has 0 saturated heterocycles. The summed E-state index contributed by atoms with van der Waals surface area (Å²) in [6, 6.07) is 0. The van der Waals surface area contributed by atoms with E-state index in [1.165, 1.54) is 51.4 Å². The summed E-state index contributed by atoms with van der Waals surface area (Å²) in [4.78, 5) is 21.1. The first-order chi connectivity index (χ1) is 9.18. The third kappa shape index (κ3) is 13.8. The van der Waals surface area contributed by atoms with Crippen LogP contribution in [0.4, 0.5) is 0 Å². The Morgan fingerprint density at radius 1 is 0.684 bits per heavy atom. The smallest absolute Gasteiger partial charge is 0.372 e. The van der Waals surface area contributed by atoms with Gasteiger partial charge in [0.2, 0.25) is 5.78 Å². The SMILES string of the molecule is O=C(O)C(=O)CCCCCCCCCCCCCBr. The van der Waals surface area contributed by atoms with Crippen LogP contribution in [-0.2, 0) is 9.59 Å². The fourth-order valence-electron chi connectivity index (χ4n) is 2.08. The van der Waals surface area contributed by atoms with E-state index >= 15 is 0 Å². The van der Waals surface area contributed by atoms with Crippen molar-refractivity contribution < 1.29 is 14.7 Å². The molecule has 0 aromatic heterocycles. The van der Waals surface area contributed by atoms with E-state index in [1.54, 1.807) is 0 Å². The highest BCUT2D eigenvalue weighted by atomic mass is 79.9. The number of unbranched alkanes of at least 4 members (excludes halogenated alkanes) is 10. The third-order valence-corrected chi connectivity index (χ3v) is 3.84. The Balaban J connectivity index is 3.07. The van der Waals surface area contributed by atoms with Crippen LogP contribution in [0.1, 0.15) is 77.0 Å². The number of carboxylic acid groups (broad SMARTS) is 1. The summed E-state index contributed by atoms with van der Waals surface area (Å²) in [5.41, 5.74) is 0. The number of rotatable bonds is 14. The average Bonchev–Trinajstić information content (AvgIpc) is 2.39. The normalized spacial score (nSPS) is 10.6. The topological polar surface area (TPSA) is 54.4 Å². The van der Waals surface area contributed by atoms with E-state index < -0.39 is 11.8 Å². The second-order valence-electron chi connectivity index (χ2n) is 5.06. The second-order valence-corrected chi connectivity index (χ2v) is 5.85. The molecule has 0 bridgehead atoms. The van der Waals surface area contributed by atoms with Gasteiger partial charge in [0, 0.05) is 11.8 Å². The van der Waals surface area contributed by atoms with Crippen LogP contribution in [0.25, 0.3) is 0 Å². The van der Waals surface area contributed by atoms with Crippen LogP contribution >= 0.6 is 15.9 Å². The molecule has 0 spiro atoms. The number of carbonyl (C=O) groups is 2. The van der Waals surface area contributed by atoms with E-state index in [0.29, 0.717) is 0 Å². The van der Waals surface area contributed by atoms with Gasteiger partial charge in [-0.25, -0.2) is 4.79 Å². The zero-order chi connectivity index (χ0) is 14.3. The summed E-state index contributed by atoms with van der Waals surface area (Å²) < 4.78 is 0. The predicted octanol–water partition coefficient (Wildman–Crippen LogP) is 4.72. The molecule has 19 heavy (non-hydrogen) atoms. The molecule has 0 aliphatic rings. The van der Waals surface area contributed by atoms with Crippen LogP contribution in [0.3, 0.4) is 0 Å². The number of carbonyl (C=O) groups excluding carboxylic acids is 1. The van der Waals surface area contributed by atoms with Crippen LogP contribution < -0.4 is 0 Å². The van der Waals surface area contributed by atoms with E-state index in [1.807, 2.05) is 0 Å². The van der Waals surface area contributed by atoms with Crippen molar-refractivity contribution in [3.8, 4) is 0 Å². The predicted molar refractivity (Wildman–Crippen MR) is 81.8 cm³/mol. The van der Waals surface area contributed by atoms with E-state index in [0.717, 1.165) is 24.6 Å². The van der Waals surface area contributed by atoms with E-state index in [2.05, 4.69) is 15.9 Å². The minimum absolute atomic E-state index is 0.197. The molecule has 0 aromatic rings. The number of Topliss-reactive ketones (excluding diaryl/α,β-unsaturated/α-hetero) is 1. The molecule has 0 heterocycles. The molecule has 0 atom stereocenters. The molecule has 0 aliphatic heterocycles. The van der Waals surface area contributed by atoms with Crippen molar-refractivity contribution in [2.24, 2.45) is 0 Å². The average molecular weight is 335 g/mol. The first kappa shape index (κ1) is 18.6. The van der Waals surface area contributed by atoms with Gasteiger partial charge in [-0.15, -0.1) is 0 Å². The maximum atomic E-state index is 10.8. The van der Waals surface area contributed by atoms with Gasteiger partial charge >= 0.3 is 5.97 Å². The Bertz CT molecular complexity index is 242. The first-order valence-electron chi connectivity index (χ1n) is 7.50. The number of alkyl halides is 1. The van der Waals surface area contributed by atoms with Crippen LogP contribution in [-0.4, -0.2) is 22.2 Å². The van der Waals surface area contributed by atoms with E-state index in [4.69, 9.17) is 5.11 Å². The van der Waals surface area contributed by atoms with Crippen LogP contribution in [0.5, 0.6) is 0 Å². The van der Waals surface area contributed by atoms with Crippen LogP contribution in [0.2, 0.25) is 0 Å². The van der Waals surface area contributed by atoms with E-state index in [-0.39, 0.29) is 6.42 Å². The maximum Gasteiger partial charge on any atom is 0.372 e. The summed E-state index contributed by atoms with van der Waals surface area (Å²) in [7, 11) is 0. The first-order valence-corrected chi connectivity index (χ1v) is 8.62. The molecule has 0 amide bonds. The number of halogens is 1. The van der Waals surface area contributed by atoms with Gasteiger partial charge in [-0.2, -0.15) is 0 Å². The van der Waals surface area contributed by atoms with Crippen molar-refractivity contribution in [2.45, 2.75) is 77.0 Å². The molecule has 0 radical (unpaired) electrons. The largest absolute Gasteiger partial charge is 0.476 e. The minimum atomic E-state index is -1.29. The highest BCUT2D eigenvalue weighted by molar-refractivity contribution is 9.09. The van der Waals surface area contributed by atoms with Gasteiger partial charge < -0.3 is 5.11 Å².